The first kappa shape index (κ1) is 15.5. The molecule has 0 bridgehead atoms. The number of fused-ring (bicyclic) bond motifs is 1. The summed E-state index contributed by atoms with van der Waals surface area (Å²) in [5.74, 6) is 0.326. The lowest BCUT2D eigenvalue weighted by Crippen LogP contribution is -2.33. The van der Waals surface area contributed by atoms with E-state index in [2.05, 4.69) is 9.97 Å². The molecule has 1 fully saturated rings. The van der Waals surface area contributed by atoms with Crippen LogP contribution < -0.4 is 5.73 Å². The molecule has 3 aromatic rings. The van der Waals surface area contributed by atoms with Gasteiger partial charge < -0.3 is 30.4 Å². The topological polar surface area (TPSA) is 127 Å². The van der Waals surface area contributed by atoms with Crippen LogP contribution >= 0.6 is 11.3 Å². The maximum Gasteiger partial charge on any atom is 0.164 e. The molecule has 2 unspecified atom stereocenters. The Morgan fingerprint density at radius 1 is 1.29 bits per heavy atom. The summed E-state index contributed by atoms with van der Waals surface area (Å²) in [6.07, 6.45) is -0.983. The van der Waals surface area contributed by atoms with Gasteiger partial charge in [0.25, 0.3) is 0 Å². The van der Waals surface area contributed by atoms with Crippen LogP contribution in [0.25, 0.3) is 22.2 Å². The molecule has 24 heavy (non-hydrogen) atoms. The van der Waals surface area contributed by atoms with Crippen LogP contribution in [0.2, 0.25) is 0 Å². The van der Waals surface area contributed by atoms with Gasteiger partial charge in [0.1, 0.15) is 36.1 Å². The van der Waals surface area contributed by atoms with Gasteiger partial charge in [-0.3, -0.25) is 0 Å². The Balaban J connectivity index is 1.90. The highest BCUT2D eigenvalue weighted by Gasteiger charge is 2.44. The van der Waals surface area contributed by atoms with Gasteiger partial charge in [-0.2, -0.15) is 11.3 Å². The van der Waals surface area contributed by atoms with E-state index in [4.69, 9.17) is 10.5 Å². The molecule has 1 aliphatic rings. The minimum absolute atomic E-state index is 0.326. The zero-order chi connectivity index (χ0) is 16.8. The Kier molecular flexibility index (Phi) is 3.74. The summed E-state index contributed by atoms with van der Waals surface area (Å²) in [6.45, 7) is -0.386. The monoisotopic (exact) mass is 348 g/mol. The third-order valence-corrected chi connectivity index (χ3v) is 4.95. The van der Waals surface area contributed by atoms with Crippen LogP contribution in [0.5, 0.6) is 0 Å². The van der Waals surface area contributed by atoms with Crippen molar-refractivity contribution in [3.63, 3.8) is 0 Å². The van der Waals surface area contributed by atoms with Crippen molar-refractivity contribution in [2.75, 3.05) is 12.3 Å². The van der Waals surface area contributed by atoms with Gasteiger partial charge in [-0.05, 0) is 22.4 Å². The molecule has 1 saturated heterocycles. The van der Waals surface area contributed by atoms with Gasteiger partial charge in [-0.15, -0.1) is 0 Å². The molecule has 0 aliphatic carbocycles. The second-order valence-electron chi connectivity index (χ2n) is 5.65. The number of anilines is 1. The number of hydrogen-bond donors (Lipinski definition) is 4. The number of nitrogens with two attached hydrogens (primary N) is 1. The van der Waals surface area contributed by atoms with Crippen molar-refractivity contribution in [3.05, 3.63) is 29.4 Å². The van der Waals surface area contributed by atoms with Gasteiger partial charge in [0.2, 0.25) is 0 Å². The van der Waals surface area contributed by atoms with Gasteiger partial charge >= 0.3 is 0 Å². The van der Waals surface area contributed by atoms with Crippen LogP contribution in [0.15, 0.2) is 29.4 Å². The van der Waals surface area contributed by atoms with E-state index in [0.717, 1.165) is 11.1 Å². The van der Waals surface area contributed by atoms with Crippen molar-refractivity contribution in [2.45, 2.75) is 24.5 Å². The smallest absolute Gasteiger partial charge is 0.164 e. The fourth-order valence-corrected chi connectivity index (χ4v) is 3.70. The van der Waals surface area contributed by atoms with Gasteiger partial charge in [-0.25, -0.2) is 9.97 Å². The first-order valence-electron chi connectivity index (χ1n) is 7.38. The summed E-state index contributed by atoms with van der Waals surface area (Å²) in [4.78, 5) is 8.31. The Morgan fingerprint density at radius 3 is 2.79 bits per heavy atom. The molecule has 4 heterocycles. The fourth-order valence-electron chi connectivity index (χ4n) is 3.05. The molecular formula is C15H16N4O4S. The first-order chi connectivity index (χ1) is 11.6. The number of thiophene rings is 1. The summed E-state index contributed by atoms with van der Waals surface area (Å²) in [7, 11) is 0. The SMILES string of the molecule is Nc1ncnc2c1c(-c1ccsc1)cn2[C@@H]1O[C@H](CO)C(O)C1O. The largest absolute Gasteiger partial charge is 0.394 e. The van der Waals surface area contributed by atoms with Gasteiger partial charge in [-0.1, -0.05) is 0 Å². The maximum atomic E-state index is 10.3. The van der Waals surface area contributed by atoms with Crippen LogP contribution in [0.3, 0.4) is 0 Å². The predicted octanol–water partition coefficient (Wildman–Crippen LogP) is 0.353. The average Bonchev–Trinajstić information content (AvgIpc) is 3.28. The van der Waals surface area contributed by atoms with Crippen molar-refractivity contribution < 1.29 is 20.1 Å². The van der Waals surface area contributed by atoms with Crippen LogP contribution in [-0.4, -0.2) is 54.8 Å². The van der Waals surface area contributed by atoms with Crippen LogP contribution in [0, 0.1) is 0 Å². The molecule has 1 aliphatic heterocycles. The second-order valence-corrected chi connectivity index (χ2v) is 6.43. The van der Waals surface area contributed by atoms with E-state index in [9.17, 15) is 15.3 Å². The molecule has 0 aromatic carbocycles. The normalized spacial score (nSPS) is 27.1. The number of nitrogen functional groups attached to an aromatic ring is 1. The number of hydrogen-bond acceptors (Lipinski definition) is 8. The Labute approximate surface area is 140 Å². The van der Waals surface area contributed by atoms with Crippen LogP contribution in [0.1, 0.15) is 6.23 Å². The minimum atomic E-state index is -1.19. The van der Waals surface area contributed by atoms with Crippen LogP contribution in [-0.2, 0) is 4.74 Å². The number of rotatable bonds is 3. The summed E-state index contributed by atoms with van der Waals surface area (Å²) in [5.41, 5.74) is 8.31. The summed E-state index contributed by atoms with van der Waals surface area (Å²) >= 11 is 1.55. The Hall–Kier alpha value is -2.04. The second kappa shape index (κ2) is 5.80. The van der Waals surface area contributed by atoms with E-state index in [-0.39, 0.29) is 6.61 Å². The third-order valence-electron chi connectivity index (χ3n) is 4.26. The van der Waals surface area contributed by atoms with Gasteiger partial charge in [0, 0.05) is 11.8 Å². The number of aromatic nitrogens is 3. The highest BCUT2D eigenvalue weighted by atomic mass is 32.1. The molecule has 8 nitrogen and oxygen atoms in total. The molecule has 3 aromatic heterocycles. The highest BCUT2D eigenvalue weighted by molar-refractivity contribution is 7.08. The van der Waals surface area contributed by atoms with Crippen molar-refractivity contribution in [1.29, 1.82) is 0 Å². The first-order valence-corrected chi connectivity index (χ1v) is 8.32. The van der Waals surface area contributed by atoms with E-state index in [0.29, 0.717) is 16.9 Å². The summed E-state index contributed by atoms with van der Waals surface area (Å²) < 4.78 is 7.24. The maximum absolute atomic E-state index is 10.3. The van der Waals surface area contributed by atoms with E-state index in [1.807, 2.05) is 16.8 Å². The molecule has 5 N–H and O–H groups in total. The molecule has 4 atom stereocenters. The molecule has 4 rings (SSSR count). The molecule has 0 radical (unpaired) electrons. The molecular weight excluding hydrogens is 332 g/mol. The van der Waals surface area contributed by atoms with Gasteiger partial charge in [0.05, 0.1) is 12.0 Å². The van der Waals surface area contributed by atoms with Crippen molar-refractivity contribution >= 4 is 28.2 Å². The standard InChI is InChI=1S/C15H16N4O4S/c16-13-10-8(7-1-2-24-5-7)3-19(14(10)18-6-17-13)15-12(22)11(21)9(4-20)23-15/h1-3,5-6,9,11-12,15,20-22H,4H2,(H2,16,17,18)/t9-,11?,12?,15-/m1/s1. The fraction of sp³-hybridized carbons (Fsp3) is 0.333. The highest BCUT2D eigenvalue weighted by Crippen LogP contribution is 2.38. The third kappa shape index (κ3) is 2.21. The van der Waals surface area contributed by atoms with Crippen molar-refractivity contribution in [1.82, 2.24) is 14.5 Å². The lowest BCUT2D eigenvalue weighted by atomic mass is 10.1. The Bertz CT molecular complexity index is 866. The molecule has 0 spiro atoms. The number of aliphatic hydroxyl groups excluding tert-OH is 3. The zero-order valence-corrected chi connectivity index (χ0v) is 13.3. The minimum Gasteiger partial charge on any atom is -0.394 e. The number of nitrogens with zero attached hydrogens (tertiary/aromatic N) is 3. The quantitative estimate of drug-likeness (QED) is 0.538. The van der Waals surface area contributed by atoms with E-state index in [1.165, 1.54) is 6.33 Å². The van der Waals surface area contributed by atoms with Crippen molar-refractivity contribution in [3.8, 4) is 11.1 Å². The van der Waals surface area contributed by atoms with Gasteiger partial charge in [0.15, 0.2) is 6.23 Å². The van der Waals surface area contributed by atoms with Crippen LogP contribution in [0.4, 0.5) is 5.82 Å². The molecule has 9 heteroatoms. The lowest BCUT2D eigenvalue weighted by Gasteiger charge is -2.17. The van der Waals surface area contributed by atoms with E-state index < -0.39 is 24.5 Å². The lowest BCUT2D eigenvalue weighted by molar-refractivity contribution is -0.0508. The Morgan fingerprint density at radius 2 is 2.12 bits per heavy atom. The zero-order valence-electron chi connectivity index (χ0n) is 12.5. The number of ether oxygens (including phenoxy) is 1. The van der Waals surface area contributed by atoms with E-state index >= 15 is 0 Å². The summed E-state index contributed by atoms with van der Waals surface area (Å²) in [5, 5.41) is 34.2. The van der Waals surface area contributed by atoms with E-state index in [1.54, 1.807) is 22.1 Å². The molecule has 126 valence electrons. The molecule has 0 saturated carbocycles. The number of aliphatic hydroxyl groups is 3. The predicted molar refractivity (Wildman–Crippen MR) is 88.3 cm³/mol. The van der Waals surface area contributed by atoms with Crippen molar-refractivity contribution in [2.24, 2.45) is 0 Å². The molecule has 0 amide bonds. The average molecular weight is 348 g/mol. The summed E-state index contributed by atoms with van der Waals surface area (Å²) in [6, 6.07) is 1.95.